The predicted octanol–water partition coefficient (Wildman–Crippen LogP) is -0.0322. The molecule has 1 heterocycles. The number of ether oxygens (including phenoxy) is 3. The maximum Gasteiger partial charge on any atom is 0.341 e. The SMILES string of the molecule is COC(=O)C1=CC2(C=CC1=O)OCCO2. The number of hydrogen-bond acceptors (Lipinski definition) is 5. The standard InChI is InChI=1S/C10H10O5/c1-13-9(12)7-6-10(3-2-8(7)11)14-4-5-15-10/h2-3,6H,4-5H2,1H3. The smallest absolute Gasteiger partial charge is 0.341 e. The summed E-state index contributed by atoms with van der Waals surface area (Å²) in [5, 5.41) is 0. The summed E-state index contributed by atoms with van der Waals surface area (Å²) in [5.41, 5.74) is -0.0538. The Morgan fingerprint density at radius 3 is 2.73 bits per heavy atom. The number of esters is 1. The number of ketones is 1. The predicted molar refractivity (Wildman–Crippen MR) is 48.9 cm³/mol. The molecule has 0 bridgehead atoms. The van der Waals surface area contributed by atoms with Crippen molar-refractivity contribution in [2.45, 2.75) is 5.79 Å². The molecule has 0 saturated carbocycles. The summed E-state index contributed by atoms with van der Waals surface area (Å²) in [6.45, 7) is 0.868. The minimum Gasteiger partial charge on any atom is -0.465 e. The Bertz CT molecular complexity index is 360. The molecule has 1 spiro atoms. The third-order valence-corrected chi connectivity index (χ3v) is 2.22. The van der Waals surface area contributed by atoms with Gasteiger partial charge in [-0.25, -0.2) is 4.79 Å². The van der Waals surface area contributed by atoms with Crippen molar-refractivity contribution >= 4 is 11.8 Å². The van der Waals surface area contributed by atoms with Crippen LogP contribution in [0.5, 0.6) is 0 Å². The van der Waals surface area contributed by atoms with Gasteiger partial charge in [0.25, 0.3) is 0 Å². The van der Waals surface area contributed by atoms with Crippen molar-refractivity contribution in [2.24, 2.45) is 0 Å². The van der Waals surface area contributed by atoms with Crippen LogP contribution in [0.3, 0.4) is 0 Å². The van der Waals surface area contributed by atoms with E-state index in [0.717, 1.165) is 0 Å². The van der Waals surface area contributed by atoms with E-state index in [9.17, 15) is 9.59 Å². The Kier molecular flexibility index (Phi) is 2.42. The van der Waals surface area contributed by atoms with E-state index in [1.807, 2.05) is 0 Å². The number of carbonyl (C=O) groups excluding carboxylic acids is 2. The van der Waals surface area contributed by atoms with Crippen LogP contribution in [-0.4, -0.2) is 37.9 Å². The molecule has 0 aromatic heterocycles. The number of hydrogen-bond donors (Lipinski definition) is 0. The monoisotopic (exact) mass is 210 g/mol. The molecule has 0 aromatic rings. The van der Waals surface area contributed by atoms with E-state index in [1.54, 1.807) is 0 Å². The molecule has 1 aliphatic carbocycles. The van der Waals surface area contributed by atoms with E-state index in [0.29, 0.717) is 13.2 Å². The van der Waals surface area contributed by atoms with Crippen LogP contribution in [0.25, 0.3) is 0 Å². The van der Waals surface area contributed by atoms with E-state index in [-0.39, 0.29) is 5.57 Å². The van der Waals surface area contributed by atoms with Crippen LogP contribution < -0.4 is 0 Å². The molecule has 0 atom stereocenters. The Balaban J connectivity index is 2.32. The maximum absolute atomic E-state index is 11.4. The Hall–Kier alpha value is -1.46. The molecule has 1 saturated heterocycles. The van der Waals surface area contributed by atoms with Crippen molar-refractivity contribution in [1.29, 1.82) is 0 Å². The third kappa shape index (κ3) is 1.71. The highest BCUT2D eigenvalue weighted by molar-refractivity contribution is 6.22. The van der Waals surface area contributed by atoms with E-state index >= 15 is 0 Å². The second-order valence-electron chi connectivity index (χ2n) is 3.17. The van der Waals surface area contributed by atoms with Crippen LogP contribution in [0, 0.1) is 0 Å². The van der Waals surface area contributed by atoms with E-state index < -0.39 is 17.5 Å². The van der Waals surface area contributed by atoms with Gasteiger partial charge in [-0.3, -0.25) is 4.79 Å². The van der Waals surface area contributed by atoms with E-state index in [1.165, 1.54) is 25.3 Å². The zero-order valence-electron chi connectivity index (χ0n) is 8.19. The van der Waals surface area contributed by atoms with Gasteiger partial charge in [0.2, 0.25) is 5.79 Å². The van der Waals surface area contributed by atoms with Gasteiger partial charge >= 0.3 is 5.97 Å². The first kappa shape index (κ1) is 10.1. The van der Waals surface area contributed by atoms with Crippen molar-refractivity contribution in [2.75, 3.05) is 20.3 Å². The van der Waals surface area contributed by atoms with Crippen molar-refractivity contribution < 1.29 is 23.8 Å². The number of rotatable bonds is 1. The largest absolute Gasteiger partial charge is 0.465 e. The molecule has 0 unspecified atom stereocenters. The van der Waals surface area contributed by atoms with Crippen molar-refractivity contribution in [3.8, 4) is 0 Å². The van der Waals surface area contributed by atoms with Crippen LogP contribution in [0.15, 0.2) is 23.8 Å². The molecule has 0 amide bonds. The summed E-state index contributed by atoms with van der Waals surface area (Å²) in [7, 11) is 1.22. The zero-order chi connectivity index (χ0) is 10.9. The van der Waals surface area contributed by atoms with Gasteiger partial charge in [-0.1, -0.05) is 0 Å². The normalized spacial score (nSPS) is 23.0. The van der Waals surface area contributed by atoms with Crippen LogP contribution in [0.2, 0.25) is 0 Å². The van der Waals surface area contributed by atoms with E-state index in [4.69, 9.17) is 9.47 Å². The fourth-order valence-corrected chi connectivity index (χ4v) is 1.50. The summed E-state index contributed by atoms with van der Waals surface area (Å²) in [6, 6.07) is 0. The van der Waals surface area contributed by atoms with E-state index in [2.05, 4.69) is 4.74 Å². The average Bonchev–Trinajstić information content (AvgIpc) is 2.70. The molecule has 5 heteroatoms. The minimum atomic E-state index is -1.06. The summed E-state index contributed by atoms with van der Waals surface area (Å²) in [5.74, 6) is -2.13. The molecule has 2 aliphatic rings. The number of carbonyl (C=O) groups is 2. The molecule has 80 valence electrons. The summed E-state index contributed by atoms with van der Waals surface area (Å²) in [6.07, 6.45) is 4.11. The average molecular weight is 210 g/mol. The molecular weight excluding hydrogens is 200 g/mol. The molecule has 2 rings (SSSR count). The van der Waals surface area contributed by atoms with Crippen molar-refractivity contribution in [3.05, 3.63) is 23.8 Å². The molecule has 15 heavy (non-hydrogen) atoms. The Morgan fingerprint density at radius 2 is 2.13 bits per heavy atom. The Labute approximate surface area is 86.3 Å². The van der Waals surface area contributed by atoms with Gasteiger partial charge in [0, 0.05) is 0 Å². The van der Waals surface area contributed by atoms with Gasteiger partial charge in [0.1, 0.15) is 5.57 Å². The van der Waals surface area contributed by atoms with Crippen molar-refractivity contribution in [1.82, 2.24) is 0 Å². The zero-order valence-corrected chi connectivity index (χ0v) is 8.19. The van der Waals surface area contributed by atoms with Gasteiger partial charge < -0.3 is 14.2 Å². The first-order chi connectivity index (χ1) is 7.17. The summed E-state index contributed by atoms with van der Waals surface area (Å²) < 4.78 is 15.1. The maximum atomic E-state index is 11.4. The van der Waals surface area contributed by atoms with Gasteiger partial charge in [0.15, 0.2) is 5.78 Å². The highest BCUT2D eigenvalue weighted by Crippen LogP contribution is 2.28. The van der Waals surface area contributed by atoms with Crippen LogP contribution in [-0.2, 0) is 23.8 Å². The highest BCUT2D eigenvalue weighted by atomic mass is 16.7. The lowest BCUT2D eigenvalue weighted by molar-refractivity contribution is -0.138. The summed E-state index contributed by atoms with van der Waals surface area (Å²) >= 11 is 0. The fourth-order valence-electron chi connectivity index (χ4n) is 1.50. The lowest BCUT2D eigenvalue weighted by atomic mass is 10.0. The molecule has 0 aromatic carbocycles. The quantitative estimate of drug-likeness (QED) is 0.449. The third-order valence-electron chi connectivity index (χ3n) is 2.22. The van der Waals surface area contributed by atoms with Crippen molar-refractivity contribution in [3.63, 3.8) is 0 Å². The lowest BCUT2D eigenvalue weighted by Crippen LogP contribution is -2.31. The highest BCUT2D eigenvalue weighted by Gasteiger charge is 2.37. The van der Waals surface area contributed by atoms with Gasteiger partial charge in [-0.05, 0) is 18.2 Å². The van der Waals surface area contributed by atoms with Gasteiger partial charge in [-0.2, -0.15) is 0 Å². The fraction of sp³-hybridized carbons (Fsp3) is 0.400. The summed E-state index contributed by atoms with van der Waals surface area (Å²) in [4.78, 5) is 22.6. The van der Waals surface area contributed by atoms with Gasteiger partial charge in [-0.15, -0.1) is 0 Å². The molecule has 0 radical (unpaired) electrons. The molecule has 1 aliphatic heterocycles. The molecule has 0 N–H and O–H groups in total. The Morgan fingerprint density at radius 1 is 1.47 bits per heavy atom. The van der Waals surface area contributed by atoms with Gasteiger partial charge in [0.05, 0.1) is 20.3 Å². The first-order valence-corrected chi connectivity index (χ1v) is 4.49. The minimum absolute atomic E-state index is 0.0538. The topological polar surface area (TPSA) is 61.8 Å². The number of methoxy groups -OCH3 is 1. The van der Waals surface area contributed by atoms with Crippen LogP contribution in [0.4, 0.5) is 0 Å². The molecular formula is C10H10O5. The second kappa shape index (κ2) is 3.60. The van der Waals surface area contributed by atoms with Crippen LogP contribution >= 0.6 is 0 Å². The molecule has 1 fully saturated rings. The number of allylic oxidation sites excluding steroid dienone is 1. The first-order valence-electron chi connectivity index (χ1n) is 4.49. The lowest BCUT2D eigenvalue weighted by Gasteiger charge is -2.22. The second-order valence-corrected chi connectivity index (χ2v) is 3.17. The molecule has 5 nitrogen and oxygen atoms in total. The van der Waals surface area contributed by atoms with Crippen LogP contribution in [0.1, 0.15) is 0 Å².